The molecule has 190 valence electrons. The van der Waals surface area contributed by atoms with Gasteiger partial charge in [0.1, 0.15) is 11.5 Å². The highest BCUT2D eigenvalue weighted by molar-refractivity contribution is 8.00. The number of carbonyl (C=O) groups is 2. The Labute approximate surface area is 219 Å². The molecule has 2 N–H and O–H groups in total. The lowest BCUT2D eigenvalue weighted by Gasteiger charge is -2.16. The van der Waals surface area contributed by atoms with Crippen LogP contribution in [0.25, 0.3) is 0 Å². The van der Waals surface area contributed by atoms with Gasteiger partial charge in [0, 0.05) is 22.2 Å². The zero-order valence-electron chi connectivity index (χ0n) is 20.5. The molecule has 0 spiro atoms. The number of halogens is 1. The van der Waals surface area contributed by atoms with Gasteiger partial charge in [0.25, 0.3) is 5.91 Å². The molecule has 0 saturated carbocycles. The van der Waals surface area contributed by atoms with Crippen LogP contribution < -0.4 is 29.6 Å². The third-order valence-electron chi connectivity index (χ3n) is 5.17. The van der Waals surface area contributed by atoms with Gasteiger partial charge >= 0.3 is 0 Å². The number of amides is 2. The van der Waals surface area contributed by atoms with Gasteiger partial charge in [-0.25, -0.2) is 0 Å². The molecule has 1 atom stereocenters. The van der Waals surface area contributed by atoms with E-state index in [0.29, 0.717) is 45.0 Å². The van der Waals surface area contributed by atoms with Crippen LogP contribution in [0.4, 0.5) is 11.4 Å². The fraction of sp³-hybridized carbons (Fsp3) is 0.231. The van der Waals surface area contributed by atoms with Crippen molar-refractivity contribution in [3.63, 3.8) is 0 Å². The maximum Gasteiger partial charge on any atom is 0.255 e. The Hall–Kier alpha value is -3.56. The molecule has 0 saturated heterocycles. The van der Waals surface area contributed by atoms with Gasteiger partial charge in [-0.3, -0.25) is 9.59 Å². The molecule has 36 heavy (non-hydrogen) atoms. The Morgan fingerprint density at radius 1 is 0.778 bits per heavy atom. The summed E-state index contributed by atoms with van der Waals surface area (Å²) in [5, 5.41) is 5.64. The summed E-state index contributed by atoms with van der Waals surface area (Å²) >= 11 is 7.57. The molecule has 8 nitrogen and oxygen atoms in total. The molecule has 0 radical (unpaired) electrons. The Morgan fingerprint density at radius 2 is 1.42 bits per heavy atom. The summed E-state index contributed by atoms with van der Waals surface area (Å²) in [5.41, 5.74) is 1.51. The zero-order valence-corrected chi connectivity index (χ0v) is 22.1. The summed E-state index contributed by atoms with van der Waals surface area (Å²) in [7, 11) is 6.06. The van der Waals surface area contributed by atoms with Crippen molar-refractivity contribution < 1.29 is 28.5 Å². The summed E-state index contributed by atoms with van der Waals surface area (Å²) in [6.07, 6.45) is 0. The highest BCUT2D eigenvalue weighted by Gasteiger charge is 2.18. The minimum atomic E-state index is -0.414. The van der Waals surface area contributed by atoms with Crippen molar-refractivity contribution in [1.82, 2.24) is 0 Å². The van der Waals surface area contributed by atoms with E-state index in [-0.39, 0.29) is 11.8 Å². The summed E-state index contributed by atoms with van der Waals surface area (Å²) in [4.78, 5) is 26.3. The lowest BCUT2D eigenvalue weighted by Crippen LogP contribution is -2.22. The standard InChI is InChI=1S/C26H27ClN2O6S/c1-15(25(30)29-20-13-19(27)22(33-3)14-23(20)34-4)36-18-9-7-17(8-10-18)28-26(31)16-6-11-21(32-2)24(12-16)35-5/h6-15H,1-5H3,(H,28,31)(H,29,30). The number of rotatable bonds is 10. The van der Waals surface area contributed by atoms with Crippen molar-refractivity contribution >= 4 is 46.6 Å². The Morgan fingerprint density at radius 3 is 2.03 bits per heavy atom. The van der Waals surface area contributed by atoms with Crippen LogP contribution in [0.5, 0.6) is 23.0 Å². The fourth-order valence-corrected chi connectivity index (χ4v) is 4.36. The molecule has 10 heteroatoms. The fourth-order valence-electron chi connectivity index (χ4n) is 3.25. The Balaban J connectivity index is 1.62. The Kier molecular flexibility index (Phi) is 9.32. The molecule has 0 fully saturated rings. The molecule has 3 aromatic rings. The number of nitrogens with one attached hydrogen (secondary N) is 2. The van der Waals surface area contributed by atoms with Crippen LogP contribution in [-0.2, 0) is 4.79 Å². The van der Waals surface area contributed by atoms with Crippen molar-refractivity contribution in [3.05, 3.63) is 65.2 Å². The first kappa shape index (κ1) is 27.0. The maximum absolute atomic E-state index is 12.8. The summed E-state index contributed by atoms with van der Waals surface area (Å²) in [5.74, 6) is 1.41. The number of hydrogen-bond acceptors (Lipinski definition) is 7. The van der Waals surface area contributed by atoms with Gasteiger partial charge in [0.15, 0.2) is 11.5 Å². The first-order chi connectivity index (χ1) is 17.3. The number of hydrogen-bond donors (Lipinski definition) is 2. The van der Waals surface area contributed by atoms with Gasteiger partial charge in [-0.05, 0) is 55.5 Å². The molecule has 1 unspecified atom stereocenters. The predicted octanol–water partition coefficient (Wildman–Crippen LogP) is 5.75. The van der Waals surface area contributed by atoms with E-state index in [9.17, 15) is 9.59 Å². The Bertz CT molecular complexity index is 1240. The van der Waals surface area contributed by atoms with Crippen molar-refractivity contribution in [2.75, 3.05) is 39.1 Å². The highest BCUT2D eigenvalue weighted by Crippen LogP contribution is 2.36. The number of thioether (sulfide) groups is 1. The van der Waals surface area contributed by atoms with Gasteiger partial charge in [-0.15, -0.1) is 11.8 Å². The second-order valence-corrected chi connectivity index (χ2v) is 9.31. The quantitative estimate of drug-likeness (QED) is 0.322. The van der Waals surface area contributed by atoms with Crippen LogP contribution in [0.15, 0.2) is 59.5 Å². The second-order valence-electron chi connectivity index (χ2n) is 7.48. The molecule has 0 aliphatic rings. The summed E-state index contributed by atoms with van der Waals surface area (Å²) in [6.45, 7) is 1.80. The van der Waals surface area contributed by atoms with E-state index in [2.05, 4.69) is 10.6 Å². The van der Waals surface area contributed by atoms with Crippen LogP contribution in [0.2, 0.25) is 5.02 Å². The van der Waals surface area contributed by atoms with Gasteiger partial charge in [0.05, 0.1) is 44.4 Å². The van der Waals surface area contributed by atoms with Crippen molar-refractivity contribution in [2.24, 2.45) is 0 Å². The molecule has 0 aliphatic heterocycles. The van der Waals surface area contributed by atoms with E-state index in [0.717, 1.165) is 4.90 Å². The van der Waals surface area contributed by atoms with Crippen molar-refractivity contribution in [2.45, 2.75) is 17.1 Å². The summed E-state index contributed by atoms with van der Waals surface area (Å²) < 4.78 is 21.0. The van der Waals surface area contributed by atoms with E-state index in [1.807, 2.05) is 12.1 Å². The third-order valence-corrected chi connectivity index (χ3v) is 6.58. The van der Waals surface area contributed by atoms with Crippen LogP contribution in [-0.4, -0.2) is 45.5 Å². The van der Waals surface area contributed by atoms with Gasteiger partial charge in [-0.2, -0.15) is 0 Å². The number of carbonyl (C=O) groups excluding carboxylic acids is 2. The molecule has 3 aromatic carbocycles. The number of methoxy groups -OCH3 is 4. The molecule has 0 aromatic heterocycles. The highest BCUT2D eigenvalue weighted by atomic mass is 35.5. The van der Waals surface area contributed by atoms with Crippen molar-refractivity contribution in [3.8, 4) is 23.0 Å². The largest absolute Gasteiger partial charge is 0.495 e. The van der Waals surface area contributed by atoms with Crippen LogP contribution in [0.3, 0.4) is 0 Å². The zero-order chi connectivity index (χ0) is 26.2. The SMILES string of the molecule is COc1cc(OC)c(NC(=O)C(C)Sc2ccc(NC(=O)c3ccc(OC)c(OC)c3)cc2)cc1Cl. The first-order valence-electron chi connectivity index (χ1n) is 10.8. The van der Waals surface area contributed by atoms with E-state index in [1.54, 1.807) is 49.4 Å². The maximum atomic E-state index is 12.8. The lowest BCUT2D eigenvalue weighted by molar-refractivity contribution is -0.115. The second kappa shape index (κ2) is 12.4. The van der Waals surface area contributed by atoms with Gasteiger partial charge in [0.2, 0.25) is 5.91 Å². The van der Waals surface area contributed by atoms with Gasteiger partial charge < -0.3 is 29.6 Å². The van der Waals surface area contributed by atoms with E-state index < -0.39 is 5.25 Å². The number of anilines is 2. The minimum Gasteiger partial charge on any atom is -0.495 e. The summed E-state index contributed by atoms with van der Waals surface area (Å²) in [6, 6.07) is 15.4. The van der Waals surface area contributed by atoms with Gasteiger partial charge in [-0.1, -0.05) is 11.6 Å². The predicted molar refractivity (Wildman–Crippen MR) is 142 cm³/mol. The van der Waals surface area contributed by atoms with E-state index in [1.165, 1.54) is 40.2 Å². The molecular formula is C26H27ClN2O6S. The monoisotopic (exact) mass is 530 g/mol. The smallest absolute Gasteiger partial charge is 0.255 e. The number of benzene rings is 3. The van der Waals surface area contributed by atoms with Crippen LogP contribution >= 0.6 is 23.4 Å². The lowest BCUT2D eigenvalue weighted by atomic mass is 10.2. The number of ether oxygens (including phenoxy) is 4. The van der Waals surface area contributed by atoms with E-state index >= 15 is 0 Å². The third kappa shape index (κ3) is 6.56. The normalized spacial score (nSPS) is 11.3. The average Bonchev–Trinajstić information content (AvgIpc) is 2.89. The molecule has 0 heterocycles. The molecule has 0 bridgehead atoms. The molecular weight excluding hydrogens is 504 g/mol. The van der Waals surface area contributed by atoms with Crippen LogP contribution in [0, 0.1) is 0 Å². The molecule has 3 rings (SSSR count). The first-order valence-corrected chi connectivity index (χ1v) is 12.1. The van der Waals surface area contributed by atoms with E-state index in [4.69, 9.17) is 30.5 Å². The average molecular weight is 531 g/mol. The molecule has 2 amide bonds. The topological polar surface area (TPSA) is 95.1 Å². The van der Waals surface area contributed by atoms with Crippen molar-refractivity contribution in [1.29, 1.82) is 0 Å². The minimum absolute atomic E-state index is 0.217. The molecule has 0 aliphatic carbocycles. The van der Waals surface area contributed by atoms with Crippen LogP contribution in [0.1, 0.15) is 17.3 Å².